The second-order valence-corrected chi connectivity index (χ2v) is 4.94. The Morgan fingerprint density at radius 3 is 2.68 bits per heavy atom. The Balaban J connectivity index is 1.87. The molecule has 2 aromatic carbocycles. The van der Waals surface area contributed by atoms with E-state index in [1.165, 1.54) is 0 Å². The molecular weight excluding hydrogens is 258 g/mol. The van der Waals surface area contributed by atoms with Gasteiger partial charge in [-0.25, -0.2) is 0 Å². The standard InChI is InChI=1S/C16H16ClNO/c1-12-4-2-6-14(10-12)16(19)18-9-8-13-5-3-7-15(17)11-13/h2-7,10-11H,8-9H2,1H3,(H,18,19). The van der Waals surface area contributed by atoms with Gasteiger partial charge in [0.15, 0.2) is 0 Å². The predicted octanol–water partition coefficient (Wildman–Crippen LogP) is 3.62. The SMILES string of the molecule is Cc1cccc(C(=O)NCCc2cccc(Cl)c2)c1. The Labute approximate surface area is 118 Å². The van der Waals surface area contributed by atoms with Crippen molar-refractivity contribution in [3.05, 3.63) is 70.2 Å². The molecule has 0 saturated heterocycles. The van der Waals surface area contributed by atoms with Gasteiger partial charge >= 0.3 is 0 Å². The Kier molecular flexibility index (Phi) is 4.58. The van der Waals surface area contributed by atoms with E-state index in [4.69, 9.17) is 11.6 Å². The van der Waals surface area contributed by atoms with Gasteiger partial charge in [0.2, 0.25) is 0 Å². The molecule has 0 atom stereocenters. The highest BCUT2D eigenvalue weighted by Gasteiger charge is 2.04. The molecule has 0 fully saturated rings. The lowest BCUT2D eigenvalue weighted by atomic mass is 10.1. The lowest BCUT2D eigenvalue weighted by Gasteiger charge is -2.06. The molecule has 0 bridgehead atoms. The van der Waals surface area contributed by atoms with Gasteiger partial charge in [0.1, 0.15) is 0 Å². The zero-order valence-corrected chi connectivity index (χ0v) is 11.6. The Morgan fingerprint density at radius 1 is 1.16 bits per heavy atom. The third kappa shape index (κ3) is 4.11. The van der Waals surface area contributed by atoms with Crippen molar-refractivity contribution in [2.75, 3.05) is 6.54 Å². The van der Waals surface area contributed by atoms with Crippen molar-refractivity contribution >= 4 is 17.5 Å². The lowest BCUT2D eigenvalue weighted by Crippen LogP contribution is -2.25. The van der Waals surface area contributed by atoms with Crippen LogP contribution in [0.3, 0.4) is 0 Å². The van der Waals surface area contributed by atoms with E-state index in [1.54, 1.807) is 0 Å². The van der Waals surface area contributed by atoms with Gasteiger partial charge in [-0.3, -0.25) is 4.79 Å². The molecule has 1 amide bonds. The van der Waals surface area contributed by atoms with Crippen LogP contribution in [0.2, 0.25) is 5.02 Å². The van der Waals surface area contributed by atoms with E-state index in [2.05, 4.69) is 5.32 Å². The molecule has 0 saturated carbocycles. The van der Waals surface area contributed by atoms with Gasteiger partial charge in [0.25, 0.3) is 5.91 Å². The van der Waals surface area contributed by atoms with Gasteiger partial charge in [-0.05, 0) is 43.2 Å². The van der Waals surface area contributed by atoms with E-state index < -0.39 is 0 Å². The summed E-state index contributed by atoms with van der Waals surface area (Å²) < 4.78 is 0. The van der Waals surface area contributed by atoms with Gasteiger partial charge in [0.05, 0.1) is 0 Å². The second kappa shape index (κ2) is 6.39. The maximum absolute atomic E-state index is 11.9. The largest absolute Gasteiger partial charge is 0.352 e. The maximum atomic E-state index is 11.9. The molecule has 19 heavy (non-hydrogen) atoms. The minimum absolute atomic E-state index is 0.0364. The van der Waals surface area contributed by atoms with Crippen LogP contribution in [0.25, 0.3) is 0 Å². The minimum atomic E-state index is -0.0364. The lowest BCUT2D eigenvalue weighted by molar-refractivity contribution is 0.0954. The Hall–Kier alpha value is -1.80. The average molecular weight is 274 g/mol. The van der Waals surface area contributed by atoms with Crippen LogP contribution in [-0.2, 0) is 6.42 Å². The molecule has 98 valence electrons. The fraction of sp³-hybridized carbons (Fsp3) is 0.188. The van der Waals surface area contributed by atoms with E-state index >= 15 is 0 Å². The summed E-state index contributed by atoms with van der Waals surface area (Å²) in [4.78, 5) is 11.9. The van der Waals surface area contributed by atoms with Gasteiger partial charge in [0, 0.05) is 17.1 Å². The van der Waals surface area contributed by atoms with Crippen molar-refractivity contribution in [2.24, 2.45) is 0 Å². The second-order valence-electron chi connectivity index (χ2n) is 4.51. The first kappa shape index (κ1) is 13.6. The summed E-state index contributed by atoms with van der Waals surface area (Å²) in [7, 11) is 0. The zero-order valence-electron chi connectivity index (χ0n) is 10.8. The molecule has 0 heterocycles. The summed E-state index contributed by atoms with van der Waals surface area (Å²) in [5, 5.41) is 3.64. The van der Waals surface area contributed by atoms with Crippen molar-refractivity contribution < 1.29 is 4.79 Å². The average Bonchev–Trinajstić information content (AvgIpc) is 2.38. The molecule has 2 aromatic rings. The summed E-state index contributed by atoms with van der Waals surface area (Å²) in [6.45, 7) is 2.58. The highest BCUT2D eigenvalue weighted by atomic mass is 35.5. The van der Waals surface area contributed by atoms with Crippen molar-refractivity contribution in [3.63, 3.8) is 0 Å². The summed E-state index contributed by atoms with van der Waals surface area (Å²) in [6.07, 6.45) is 0.776. The third-order valence-corrected chi connectivity index (χ3v) is 3.10. The van der Waals surface area contributed by atoms with E-state index in [9.17, 15) is 4.79 Å². The summed E-state index contributed by atoms with van der Waals surface area (Å²) in [5.41, 5.74) is 2.91. The van der Waals surface area contributed by atoms with Gasteiger partial charge in [-0.15, -0.1) is 0 Å². The van der Waals surface area contributed by atoms with E-state index in [0.29, 0.717) is 12.1 Å². The van der Waals surface area contributed by atoms with Crippen LogP contribution in [0.5, 0.6) is 0 Å². The van der Waals surface area contributed by atoms with E-state index in [-0.39, 0.29) is 5.91 Å². The number of amides is 1. The number of nitrogens with one attached hydrogen (secondary N) is 1. The molecule has 3 heteroatoms. The van der Waals surface area contributed by atoms with Crippen LogP contribution >= 0.6 is 11.6 Å². The van der Waals surface area contributed by atoms with Gasteiger partial charge in [-0.2, -0.15) is 0 Å². The van der Waals surface area contributed by atoms with Crippen molar-refractivity contribution in [1.29, 1.82) is 0 Å². The molecule has 0 aliphatic heterocycles. The van der Waals surface area contributed by atoms with Crippen LogP contribution in [0.1, 0.15) is 21.5 Å². The summed E-state index contributed by atoms with van der Waals surface area (Å²) >= 11 is 5.91. The van der Waals surface area contributed by atoms with Crippen LogP contribution < -0.4 is 5.32 Å². The minimum Gasteiger partial charge on any atom is -0.352 e. The van der Waals surface area contributed by atoms with E-state index in [1.807, 2.05) is 55.5 Å². The number of rotatable bonds is 4. The maximum Gasteiger partial charge on any atom is 0.251 e. The molecule has 2 nitrogen and oxygen atoms in total. The normalized spacial score (nSPS) is 10.2. The number of hydrogen-bond acceptors (Lipinski definition) is 1. The number of carbonyl (C=O) groups is 1. The molecule has 2 rings (SSSR count). The molecule has 0 aliphatic rings. The Bertz CT molecular complexity index is 580. The fourth-order valence-electron chi connectivity index (χ4n) is 1.90. The molecule has 0 aromatic heterocycles. The summed E-state index contributed by atoms with van der Waals surface area (Å²) in [5.74, 6) is -0.0364. The predicted molar refractivity (Wildman–Crippen MR) is 78.7 cm³/mol. The molecule has 0 spiro atoms. The molecule has 0 aliphatic carbocycles. The third-order valence-electron chi connectivity index (χ3n) is 2.87. The first-order valence-electron chi connectivity index (χ1n) is 6.24. The smallest absolute Gasteiger partial charge is 0.251 e. The first-order chi connectivity index (χ1) is 9.15. The Morgan fingerprint density at radius 2 is 1.95 bits per heavy atom. The molecule has 1 N–H and O–H groups in total. The zero-order chi connectivity index (χ0) is 13.7. The quantitative estimate of drug-likeness (QED) is 0.906. The summed E-state index contributed by atoms with van der Waals surface area (Å²) in [6, 6.07) is 15.3. The number of benzene rings is 2. The number of carbonyl (C=O) groups excluding carboxylic acids is 1. The van der Waals surface area contributed by atoms with Crippen LogP contribution in [-0.4, -0.2) is 12.5 Å². The molecular formula is C16H16ClNO. The molecule has 0 unspecified atom stereocenters. The van der Waals surface area contributed by atoms with Crippen molar-refractivity contribution in [2.45, 2.75) is 13.3 Å². The van der Waals surface area contributed by atoms with Crippen LogP contribution in [0.4, 0.5) is 0 Å². The van der Waals surface area contributed by atoms with Gasteiger partial charge in [-0.1, -0.05) is 41.4 Å². The fourth-order valence-corrected chi connectivity index (χ4v) is 2.11. The van der Waals surface area contributed by atoms with Crippen LogP contribution in [0, 0.1) is 6.92 Å². The van der Waals surface area contributed by atoms with E-state index in [0.717, 1.165) is 22.6 Å². The number of aryl methyl sites for hydroxylation is 1. The number of halogens is 1. The highest BCUT2D eigenvalue weighted by Crippen LogP contribution is 2.10. The van der Waals surface area contributed by atoms with Crippen molar-refractivity contribution in [3.8, 4) is 0 Å². The topological polar surface area (TPSA) is 29.1 Å². The first-order valence-corrected chi connectivity index (χ1v) is 6.62. The highest BCUT2D eigenvalue weighted by molar-refractivity contribution is 6.30. The van der Waals surface area contributed by atoms with Gasteiger partial charge < -0.3 is 5.32 Å². The van der Waals surface area contributed by atoms with Crippen LogP contribution in [0.15, 0.2) is 48.5 Å². The molecule has 0 radical (unpaired) electrons. The number of hydrogen-bond donors (Lipinski definition) is 1. The monoisotopic (exact) mass is 273 g/mol. The van der Waals surface area contributed by atoms with Crippen molar-refractivity contribution in [1.82, 2.24) is 5.32 Å².